The van der Waals surface area contributed by atoms with Gasteiger partial charge >= 0.3 is 0 Å². The predicted octanol–water partition coefficient (Wildman–Crippen LogP) is 3.23. The molecule has 0 N–H and O–H groups in total. The molecule has 0 fully saturated rings. The van der Waals surface area contributed by atoms with Gasteiger partial charge in [-0.3, -0.25) is 9.48 Å². The maximum Gasteiger partial charge on any atom is 0.253 e. The van der Waals surface area contributed by atoms with Crippen molar-refractivity contribution in [3.8, 4) is 5.75 Å². The molecule has 0 aliphatic carbocycles. The first-order valence-electron chi connectivity index (χ1n) is 7.25. The first kappa shape index (κ1) is 16.4. The Labute approximate surface area is 135 Å². The molecule has 6 heteroatoms. The van der Waals surface area contributed by atoms with Crippen LogP contribution < -0.4 is 4.74 Å². The topological polar surface area (TPSA) is 47.4 Å². The lowest BCUT2D eigenvalue weighted by Crippen LogP contribution is -2.27. The maximum atomic E-state index is 12.5. The molecule has 1 aromatic heterocycles. The molecule has 0 unspecified atom stereocenters. The number of aryl methyl sites for hydroxylation is 1. The van der Waals surface area contributed by atoms with E-state index in [2.05, 4.69) is 5.10 Å². The molecule has 0 aliphatic rings. The highest BCUT2D eigenvalue weighted by molar-refractivity contribution is 6.31. The molecule has 2 rings (SSSR count). The second-order valence-corrected chi connectivity index (χ2v) is 5.28. The lowest BCUT2D eigenvalue weighted by molar-refractivity contribution is 0.0781. The summed E-state index contributed by atoms with van der Waals surface area (Å²) in [5.41, 5.74) is 1.45. The van der Waals surface area contributed by atoms with Crippen LogP contribution in [0.1, 0.15) is 29.9 Å². The van der Waals surface area contributed by atoms with Gasteiger partial charge in [-0.1, -0.05) is 11.6 Å². The second-order valence-electron chi connectivity index (χ2n) is 4.87. The number of hydrogen-bond donors (Lipinski definition) is 0. The third kappa shape index (κ3) is 3.60. The molecule has 118 valence electrons. The largest absolute Gasteiger partial charge is 0.494 e. The summed E-state index contributed by atoms with van der Waals surface area (Å²) in [6, 6.07) is 7.13. The van der Waals surface area contributed by atoms with E-state index in [-0.39, 0.29) is 5.91 Å². The van der Waals surface area contributed by atoms with Crippen LogP contribution in [0.2, 0.25) is 5.02 Å². The zero-order chi connectivity index (χ0) is 16.1. The lowest BCUT2D eigenvalue weighted by atomic mass is 10.2. The Morgan fingerprint density at radius 2 is 2.00 bits per heavy atom. The Hall–Kier alpha value is -2.01. The van der Waals surface area contributed by atoms with Crippen molar-refractivity contribution in [2.75, 3.05) is 13.7 Å². The van der Waals surface area contributed by atoms with Crippen molar-refractivity contribution in [1.29, 1.82) is 0 Å². The molecule has 0 aliphatic heterocycles. The van der Waals surface area contributed by atoms with Crippen LogP contribution in [0.15, 0.2) is 30.5 Å². The quantitative estimate of drug-likeness (QED) is 0.820. The zero-order valence-corrected chi connectivity index (χ0v) is 13.8. The first-order chi connectivity index (χ1) is 10.6. The summed E-state index contributed by atoms with van der Waals surface area (Å²) in [6.45, 7) is 5.65. The normalized spacial score (nSPS) is 10.5. The highest BCUT2D eigenvalue weighted by Gasteiger charge is 2.16. The van der Waals surface area contributed by atoms with Gasteiger partial charge in [0.25, 0.3) is 5.91 Å². The average molecular weight is 322 g/mol. The van der Waals surface area contributed by atoms with Gasteiger partial charge in [0.1, 0.15) is 5.75 Å². The van der Waals surface area contributed by atoms with Crippen molar-refractivity contribution < 1.29 is 9.53 Å². The van der Waals surface area contributed by atoms with Crippen molar-refractivity contribution in [1.82, 2.24) is 14.7 Å². The number of aromatic nitrogens is 2. The molecule has 0 bridgehead atoms. The summed E-state index contributed by atoms with van der Waals surface area (Å²) in [5, 5.41) is 4.76. The standard InChI is InChI=1S/C16H20ClN3O2/c1-4-20-15(14(17)10-18-20)11-19(3)16(21)12-6-8-13(9-7-12)22-5-2/h6-10H,4-5,11H2,1-3H3. The molecular formula is C16H20ClN3O2. The summed E-state index contributed by atoms with van der Waals surface area (Å²) >= 11 is 6.14. The van der Waals surface area contributed by atoms with Gasteiger partial charge in [0.15, 0.2) is 0 Å². The molecule has 1 amide bonds. The van der Waals surface area contributed by atoms with E-state index < -0.39 is 0 Å². The van der Waals surface area contributed by atoms with Crippen molar-refractivity contribution in [3.05, 3.63) is 46.7 Å². The molecule has 0 saturated carbocycles. The number of carbonyl (C=O) groups is 1. The molecular weight excluding hydrogens is 302 g/mol. The average Bonchev–Trinajstić information content (AvgIpc) is 2.88. The third-order valence-electron chi connectivity index (χ3n) is 3.34. The number of rotatable bonds is 6. The summed E-state index contributed by atoms with van der Waals surface area (Å²) in [7, 11) is 1.75. The Morgan fingerprint density at radius 1 is 1.32 bits per heavy atom. The lowest BCUT2D eigenvalue weighted by Gasteiger charge is -2.18. The van der Waals surface area contributed by atoms with E-state index in [9.17, 15) is 4.79 Å². The van der Waals surface area contributed by atoms with Crippen LogP contribution in [0, 0.1) is 0 Å². The summed E-state index contributed by atoms with van der Waals surface area (Å²) in [6.07, 6.45) is 1.61. The van der Waals surface area contributed by atoms with Gasteiger partial charge in [-0.2, -0.15) is 5.10 Å². The van der Waals surface area contributed by atoms with Crippen molar-refractivity contribution in [2.24, 2.45) is 0 Å². The zero-order valence-electron chi connectivity index (χ0n) is 13.0. The minimum absolute atomic E-state index is 0.0667. The van der Waals surface area contributed by atoms with Crippen LogP contribution in [-0.2, 0) is 13.1 Å². The summed E-state index contributed by atoms with van der Waals surface area (Å²) in [5.74, 6) is 0.691. The number of hydrogen-bond acceptors (Lipinski definition) is 3. The van der Waals surface area contributed by atoms with Crippen molar-refractivity contribution >= 4 is 17.5 Å². The number of benzene rings is 1. The minimum atomic E-state index is -0.0667. The van der Waals surface area contributed by atoms with Crippen molar-refractivity contribution in [2.45, 2.75) is 26.9 Å². The molecule has 5 nitrogen and oxygen atoms in total. The monoisotopic (exact) mass is 321 g/mol. The van der Waals surface area contributed by atoms with Gasteiger partial charge in [-0.25, -0.2) is 0 Å². The molecule has 0 atom stereocenters. The maximum absolute atomic E-state index is 12.5. The van der Waals surface area contributed by atoms with Crippen LogP contribution >= 0.6 is 11.6 Å². The van der Waals surface area contributed by atoms with Gasteiger partial charge < -0.3 is 9.64 Å². The van der Waals surface area contributed by atoms with Gasteiger partial charge in [0.2, 0.25) is 0 Å². The number of nitrogens with zero attached hydrogens (tertiary/aromatic N) is 3. The van der Waals surface area contributed by atoms with E-state index in [1.807, 2.05) is 13.8 Å². The predicted molar refractivity (Wildman–Crippen MR) is 86.3 cm³/mol. The number of halogens is 1. The molecule has 1 heterocycles. The fourth-order valence-electron chi connectivity index (χ4n) is 2.19. The molecule has 2 aromatic rings. The highest BCUT2D eigenvalue weighted by atomic mass is 35.5. The van der Waals surface area contributed by atoms with E-state index in [1.165, 1.54) is 0 Å². The van der Waals surface area contributed by atoms with Crippen LogP contribution in [0.3, 0.4) is 0 Å². The summed E-state index contributed by atoms with van der Waals surface area (Å²) < 4.78 is 7.17. The van der Waals surface area contributed by atoms with E-state index >= 15 is 0 Å². The van der Waals surface area contributed by atoms with Gasteiger partial charge in [-0.05, 0) is 38.1 Å². The fourth-order valence-corrected chi connectivity index (χ4v) is 2.40. The van der Waals surface area contributed by atoms with Gasteiger partial charge in [0.05, 0.1) is 30.1 Å². The van der Waals surface area contributed by atoms with Gasteiger partial charge in [-0.15, -0.1) is 0 Å². The molecule has 22 heavy (non-hydrogen) atoms. The van der Waals surface area contributed by atoms with Crippen LogP contribution in [0.5, 0.6) is 5.75 Å². The number of ether oxygens (including phenoxy) is 1. The fraction of sp³-hybridized carbons (Fsp3) is 0.375. The third-order valence-corrected chi connectivity index (χ3v) is 3.66. The molecule has 1 aromatic carbocycles. The van der Waals surface area contributed by atoms with E-state index in [0.29, 0.717) is 30.3 Å². The highest BCUT2D eigenvalue weighted by Crippen LogP contribution is 2.19. The number of carbonyl (C=O) groups excluding carboxylic acids is 1. The number of amides is 1. The van der Waals surface area contributed by atoms with E-state index in [4.69, 9.17) is 16.3 Å². The van der Waals surface area contributed by atoms with Crippen LogP contribution in [-0.4, -0.2) is 34.2 Å². The van der Waals surface area contributed by atoms with Crippen LogP contribution in [0.4, 0.5) is 0 Å². The van der Waals surface area contributed by atoms with Crippen molar-refractivity contribution in [3.63, 3.8) is 0 Å². The molecule has 0 radical (unpaired) electrons. The first-order valence-corrected chi connectivity index (χ1v) is 7.63. The van der Waals surface area contributed by atoms with Crippen LogP contribution in [0.25, 0.3) is 0 Å². The SMILES string of the molecule is CCOc1ccc(C(=O)N(C)Cc2c(Cl)cnn2CC)cc1. The van der Waals surface area contributed by atoms with E-state index in [1.54, 1.807) is 47.1 Å². The molecule has 0 saturated heterocycles. The molecule has 0 spiro atoms. The second kappa shape index (κ2) is 7.31. The Morgan fingerprint density at radius 3 is 2.59 bits per heavy atom. The Bertz CT molecular complexity index is 637. The minimum Gasteiger partial charge on any atom is -0.494 e. The van der Waals surface area contributed by atoms with E-state index in [0.717, 1.165) is 11.4 Å². The Balaban J connectivity index is 2.10. The summed E-state index contributed by atoms with van der Waals surface area (Å²) in [4.78, 5) is 14.1. The Kier molecular flexibility index (Phi) is 5.44. The van der Waals surface area contributed by atoms with Gasteiger partial charge in [0, 0.05) is 19.2 Å². The smallest absolute Gasteiger partial charge is 0.253 e.